The van der Waals surface area contributed by atoms with Crippen molar-refractivity contribution in [2.75, 3.05) is 7.05 Å². The van der Waals surface area contributed by atoms with Crippen molar-refractivity contribution in [1.29, 1.82) is 0 Å². The molecule has 0 unspecified atom stereocenters. The van der Waals surface area contributed by atoms with Gasteiger partial charge in [0.2, 0.25) is 0 Å². The largest absolute Gasteiger partial charge is 0.314 e. The summed E-state index contributed by atoms with van der Waals surface area (Å²) in [6.45, 7) is 2.95. The van der Waals surface area contributed by atoms with E-state index in [4.69, 9.17) is 0 Å². The van der Waals surface area contributed by atoms with Gasteiger partial charge in [-0.05, 0) is 36.0 Å². The summed E-state index contributed by atoms with van der Waals surface area (Å²) in [4.78, 5) is 7.11. The third-order valence-corrected chi connectivity index (χ3v) is 5.17. The zero-order valence-electron chi connectivity index (χ0n) is 8.50. The lowest BCUT2D eigenvalue weighted by Crippen LogP contribution is -2.04. The molecule has 0 radical (unpaired) electrons. The minimum atomic E-state index is 0.835. The number of thiazole rings is 1. The highest BCUT2D eigenvalue weighted by Crippen LogP contribution is 2.35. The van der Waals surface area contributed by atoms with Crippen LogP contribution in [0.5, 0.6) is 0 Å². The van der Waals surface area contributed by atoms with Gasteiger partial charge in [-0.25, -0.2) is 4.98 Å². The Kier molecular flexibility index (Phi) is 3.56. The summed E-state index contributed by atoms with van der Waals surface area (Å²) in [7, 11) is 1.94. The second-order valence-corrected chi connectivity index (χ2v) is 6.16. The third-order valence-electron chi connectivity index (χ3n) is 1.98. The second kappa shape index (κ2) is 4.74. The Balaban J connectivity index is 2.28. The van der Waals surface area contributed by atoms with Crippen molar-refractivity contribution in [3.05, 3.63) is 26.5 Å². The molecule has 0 aliphatic heterocycles. The number of hydrogen-bond acceptors (Lipinski definition) is 4. The average molecular weight is 303 g/mol. The molecule has 2 nitrogen and oxygen atoms in total. The number of nitrogens with one attached hydrogen (secondary N) is 1. The Morgan fingerprint density at radius 2 is 2.33 bits per heavy atom. The molecule has 2 aromatic heterocycles. The number of aryl methyl sites for hydroxylation is 1. The van der Waals surface area contributed by atoms with Gasteiger partial charge in [-0.2, -0.15) is 0 Å². The van der Waals surface area contributed by atoms with Gasteiger partial charge >= 0.3 is 0 Å². The van der Waals surface area contributed by atoms with Crippen LogP contribution >= 0.6 is 38.6 Å². The van der Waals surface area contributed by atoms with Crippen LogP contribution in [0.1, 0.15) is 10.6 Å². The van der Waals surface area contributed by atoms with Gasteiger partial charge in [0.1, 0.15) is 5.01 Å². The molecule has 2 aromatic rings. The van der Waals surface area contributed by atoms with E-state index in [2.05, 4.69) is 44.6 Å². The van der Waals surface area contributed by atoms with Crippen LogP contribution < -0.4 is 5.32 Å². The van der Waals surface area contributed by atoms with E-state index in [1.54, 1.807) is 22.7 Å². The predicted octanol–water partition coefficient (Wildman–Crippen LogP) is 3.66. The van der Waals surface area contributed by atoms with Crippen molar-refractivity contribution in [3.63, 3.8) is 0 Å². The molecular weight excluding hydrogens is 292 g/mol. The Hall–Kier alpha value is -0.230. The Morgan fingerprint density at radius 1 is 1.53 bits per heavy atom. The first-order valence-electron chi connectivity index (χ1n) is 4.56. The van der Waals surface area contributed by atoms with Crippen LogP contribution in [0.4, 0.5) is 0 Å². The molecule has 0 amide bonds. The lowest BCUT2D eigenvalue weighted by atomic mass is 10.4. The molecule has 2 rings (SSSR count). The highest BCUT2D eigenvalue weighted by molar-refractivity contribution is 9.10. The Bertz CT molecular complexity index is 442. The van der Waals surface area contributed by atoms with Gasteiger partial charge in [-0.3, -0.25) is 0 Å². The second-order valence-electron chi connectivity index (χ2n) is 3.19. The summed E-state index contributed by atoms with van der Waals surface area (Å²) in [6.07, 6.45) is 0. The smallest absolute Gasteiger partial charge is 0.133 e. The maximum atomic E-state index is 4.57. The van der Waals surface area contributed by atoms with Crippen molar-refractivity contribution in [3.8, 4) is 9.88 Å². The molecular formula is C10H11BrN2S2. The standard InChI is InChI=1S/C10H11BrN2S2/c1-6-8(11)3-9(15-6)10-13-7(4-12-2)5-14-10/h3,5,12H,4H2,1-2H3. The van der Waals surface area contributed by atoms with Crippen LogP contribution in [-0.4, -0.2) is 12.0 Å². The Labute approximate surface area is 106 Å². The quantitative estimate of drug-likeness (QED) is 0.936. The van der Waals surface area contributed by atoms with Crippen LogP contribution in [0.2, 0.25) is 0 Å². The number of hydrogen-bond donors (Lipinski definition) is 1. The van der Waals surface area contributed by atoms with E-state index >= 15 is 0 Å². The average Bonchev–Trinajstić information content (AvgIpc) is 2.76. The summed E-state index contributed by atoms with van der Waals surface area (Å²) in [5.41, 5.74) is 1.11. The molecule has 15 heavy (non-hydrogen) atoms. The lowest BCUT2D eigenvalue weighted by Gasteiger charge is -1.91. The zero-order chi connectivity index (χ0) is 10.8. The van der Waals surface area contributed by atoms with E-state index in [9.17, 15) is 0 Å². The van der Waals surface area contributed by atoms with Crippen LogP contribution in [0.3, 0.4) is 0 Å². The van der Waals surface area contributed by atoms with Crippen LogP contribution in [0, 0.1) is 6.92 Å². The molecule has 1 N–H and O–H groups in total. The van der Waals surface area contributed by atoms with E-state index in [1.807, 2.05) is 7.05 Å². The van der Waals surface area contributed by atoms with E-state index in [-0.39, 0.29) is 0 Å². The molecule has 0 aliphatic carbocycles. The lowest BCUT2D eigenvalue weighted by molar-refractivity contribution is 0.798. The molecule has 5 heteroatoms. The summed E-state index contributed by atoms with van der Waals surface area (Å²) >= 11 is 7.01. The minimum Gasteiger partial charge on any atom is -0.314 e. The molecule has 80 valence electrons. The van der Waals surface area contributed by atoms with Gasteiger partial charge in [-0.1, -0.05) is 0 Å². The number of thiophene rings is 1. The van der Waals surface area contributed by atoms with E-state index in [1.165, 1.54) is 14.2 Å². The first-order chi connectivity index (χ1) is 7.20. The van der Waals surface area contributed by atoms with Crippen LogP contribution in [-0.2, 0) is 6.54 Å². The van der Waals surface area contributed by atoms with Gasteiger partial charge in [0.25, 0.3) is 0 Å². The van der Waals surface area contributed by atoms with Crippen LogP contribution in [0.15, 0.2) is 15.9 Å². The number of halogens is 1. The number of rotatable bonds is 3. The van der Waals surface area contributed by atoms with Gasteiger partial charge in [0, 0.05) is 21.3 Å². The summed E-state index contributed by atoms with van der Waals surface area (Å²) in [5.74, 6) is 0. The third kappa shape index (κ3) is 2.47. The van der Waals surface area contributed by atoms with Gasteiger partial charge in [0.05, 0.1) is 10.6 Å². The van der Waals surface area contributed by atoms with Crippen molar-refractivity contribution < 1.29 is 0 Å². The molecule has 0 aliphatic rings. The fourth-order valence-electron chi connectivity index (χ4n) is 1.25. The fourth-order valence-corrected chi connectivity index (χ4v) is 3.67. The predicted molar refractivity (Wildman–Crippen MR) is 70.6 cm³/mol. The van der Waals surface area contributed by atoms with Gasteiger partial charge in [-0.15, -0.1) is 22.7 Å². The van der Waals surface area contributed by atoms with Gasteiger partial charge < -0.3 is 5.32 Å². The number of nitrogens with zero attached hydrogens (tertiary/aromatic N) is 1. The molecule has 0 bridgehead atoms. The molecule has 2 heterocycles. The van der Waals surface area contributed by atoms with E-state index in [0.29, 0.717) is 0 Å². The van der Waals surface area contributed by atoms with Crippen molar-refractivity contribution >= 4 is 38.6 Å². The minimum absolute atomic E-state index is 0.835. The van der Waals surface area contributed by atoms with E-state index in [0.717, 1.165) is 17.2 Å². The molecule has 0 saturated heterocycles. The molecule has 0 spiro atoms. The normalized spacial score (nSPS) is 10.9. The zero-order valence-corrected chi connectivity index (χ0v) is 11.7. The molecule has 0 fully saturated rings. The van der Waals surface area contributed by atoms with Gasteiger partial charge in [0.15, 0.2) is 0 Å². The molecule has 0 aromatic carbocycles. The van der Waals surface area contributed by atoms with E-state index < -0.39 is 0 Å². The monoisotopic (exact) mass is 302 g/mol. The molecule has 0 atom stereocenters. The van der Waals surface area contributed by atoms with Crippen molar-refractivity contribution in [2.24, 2.45) is 0 Å². The summed E-state index contributed by atoms with van der Waals surface area (Å²) in [6, 6.07) is 2.14. The first-order valence-corrected chi connectivity index (χ1v) is 7.05. The highest BCUT2D eigenvalue weighted by atomic mass is 79.9. The maximum Gasteiger partial charge on any atom is 0.133 e. The van der Waals surface area contributed by atoms with Crippen LogP contribution in [0.25, 0.3) is 9.88 Å². The summed E-state index contributed by atoms with van der Waals surface area (Å²) < 4.78 is 1.17. The topological polar surface area (TPSA) is 24.9 Å². The SMILES string of the molecule is CNCc1csc(-c2cc(Br)c(C)s2)n1. The summed E-state index contributed by atoms with van der Waals surface area (Å²) in [5, 5.41) is 6.32. The van der Waals surface area contributed by atoms with Crippen molar-refractivity contribution in [2.45, 2.75) is 13.5 Å². The molecule has 0 saturated carbocycles. The fraction of sp³-hybridized carbons (Fsp3) is 0.300. The number of aromatic nitrogens is 1. The first kappa shape index (κ1) is 11.3. The van der Waals surface area contributed by atoms with Crippen molar-refractivity contribution in [1.82, 2.24) is 10.3 Å². The highest BCUT2D eigenvalue weighted by Gasteiger charge is 2.09. The Morgan fingerprint density at radius 3 is 2.93 bits per heavy atom. The maximum absolute atomic E-state index is 4.57.